The molecule has 10 heteroatoms. The van der Waals surface area contributed by atoms with Crippen molar-refractivity contribution in [1.29, 1.82) is 0 Å². The van der Waals surface area contributed by atoms with Crippen molar-refractivity contribution in [3.63, 3.8) is 0 Å². The molecular formula is C32H29BrN6O3. The molecule has 0 radical (unpaired) electrons. The molecule has 2 saturated carbocycles. The lowest BCUT2D eigenvalue weighted by Gasteiger charge is -2.24. The standard InChI is InChI=1S/C32H29BrN6O3/c1-3-8-21-25(32(42)34-2)28(40)29(41)27(21)39-17-35-26-30(36-23-16-22(23)19-10-5-4-6-11-19)37-24(38-31(26)39)14-13-18-9-7-12-20(33)15-18/h1,4-7,9-12,15,17,21-23,25,27-29,40-41H,8,16H2,2H3,(H,34,42)(H,36,37,38)/t21?,22-,23?,25-,27+,28+,29-/m0/s1. The number of carbonyl (C=O) groups is 1. The second kappa shape index (κ2) is 11.6. The van der Waals surface area contributed by atoms with Crippen LogP contribution in [0.15, 0.2) is 65.4 Å². The third kappa shape index (κ3) is 5.25. The van der Waals surface area contributed by atoms with Crippen molar-refractivity contribution < 1.29 is 15.0 Å². The topological polar surface area (TPSA) is 125 Å². The Balaban J connectivity index is 1.43. The smallest absolute Gasteiger partial charge is 0.225 e. The monoisotopic (exact) mass is 624 g/mol. The zero-order valence-corrected chi connectivity index (χ0v) is 24.4. The maximum atomic E-state index is 12.7. The van der Waals surface area contributed by atoms with Gasteiger partial charge in [-0.15, -0.1) is 12.3 Å². The molecule has 42 heavy (non-hydrogen) atoms. The zero-order valence-electron chi connectivity index (χ0n) is 22.8. The summed E-state index contributed by atoms with van der Waals surface area (Å²) in [5.74, 6) is 8.13. The number of nitrogens with zero attached hydrogens (tertiary/aromatic N) is 4. The summed E-state index contributed by atoms with van der Waals surface area (Å²) < 4.78 is 2.61. The van der Waals surface area contributed by atoms with Gasteiger partial charge in [-0.3, -0.25) is 4.79 Å². The summed E-state index contributed by atoms with van der Waals surface area (Å²) in [6.07, 6.45) is 5.79. The van der Waals surface area contributed by atoms with E-state index in [1.54, 1.807) is 10.9 Å². The van der Waals surface area contributed by atoms with Crippen LogP contribution in [-0.4, -0.2) is 60.9 Å². The number of halogens is 1. The predicted octanol–water partition coefficient (Wildman–Crippen LogP) is 3.23. The van der Waals surface area contributed by atoms with Crippen molar-refractivity contribution in [3.05, 3.63) is 82.3 Å². The highest BCUT2D eigenvalue weighted by molar-refractivity contribution is 9.10. The number of imidazole rings is 1. The average molecular weight is 626 g/mol. The van der Waals surface area contributed by atoms with E-state index in [1.165, 1.54) is 12.6 Å². The van der Waals surface area contributed by atoms with E-state index < -0.39 is 30.1 Å². The van der Waals surface area contributed by atoms with Gasteiger partial charge in [0.25, 0.3) is 0 Å². The Kier molecular flexibility index (Phi) is 7.70. The van der Waals surface area contributed by atoms with E-state index in [-0.39, 0.29) is 24.2 Å². The van der Waals surface area contributed by atoms with Crippen LogP contribution in [0, 0.1) is 36.0 Å². The molecule has 6 rings (SSSR count). The second-order valence-electron chi connectivity index (χ2n) is 10.7. The van der Waals surface area contributed by atoms with Crippen molar-refractivity contribution in [3.8, 4) is 24.2 Å². The summed E-state index contributed by atoms with van der Waals surface area (Å²) in [5, 5.41) is 28.2. The summed E-state index contributed by atoms with van der Waals surface area (Å²) in [5.41, 5.74) is 2.98. The molecular weight excluding hydrogens is 596 g/mol. The number of rotatable bonds is 6. The van der Waals surface area contributed by atoms with E-state index >= 15 is 0 Å². The van der Waals surface area contributed by atoms with Gasteiger partial charge in [-0.05, 0) is 36.1 Å². The molecule has 2 fully saturated rings. The zero-order chi connectivity index (χ0) is 29.4. The summed E-state index contributed by atoms with van der Waals surface area (Å²) in [6, 6.07) is 17.3. The minimum atomic E-state index is -1.31. The molecule has 0 bridgehead atoms. The van der Waals surface area contributed by atoms with Crippen molar-refractivity contribution in [1.82, 2.24) is 24.8 Å². The SMILES string of the molecule is C#CCC1[C@@H](n2cnc3c(NC4C[C@H]4c4ccccc4)nc(C#Cc4cccc(Br)c4)nc32)[C@H](O)[C@H](O)[C@H]1C(=O)NC. The molecule has 2 aromatic carbocycles. The number of hydrogen-bond acceptors (Lipinski definition) is 7. The molecule has 212 valence electrons. The Morgan fingerprint density at radius 1 is 1.12 bits per heavy atom. The van der Waals surface area contributed by atoms with Crippen LogP contribution in [0.2, 0.25) is 0 Å². The fourth-order valence-electron chi connectivity index (χ4n) is 5.99. The fourth-order valence-corrected chi connectivity index (χ4v) is 6.39. The number of fused-ring (bicyclic) bond motifs is 1. The third-order valence-electron chi connectivity index (χ3n) is 8.10. The number of anilines is 1. The molecule has 1 amide bonds. The number of aromatic nitrogens is 4. The molecule has 9 nitrogen and oxygen atoms in total. The van der Waals surface area contributed by atoms with E-state index in [0.717, 1.165) is 16.5 Å². The lowest BCUT2D eigenvalue weighted by molar-refractivity contribution is -0.129. The van der Waals surface area contributed by atoms with Gasteiger partial charge in [0.2, 0.25) is 11.7 Å². The predicted molar refractivity (Wildman–Crippen MR) is 162 cm³/mol. The number of hydrogen-bond donors (Lipinski definition) is 4. The number of terminal acetylenes is 1. The van der Waals surface area contributed by atoms with Crippen molar-refractivity contribution in [2.45, 2.75) is 43.1 Å². The lowest BCUT2D eigenvalue weighted by Crippen LogP contribution is -2.38. The number of amides is 1. The first kappa shape index (κ1) is 27.9. The first-order valence-corrected chi connectivity index (χ1v) is 14.5. The first-order chi connectivity index (χ1) is 20.4. The molecule has 2 aliphatic rings. The third-order valence-corrected chi connectivity index (χ3v) is 8.59. The number of carbonyl (C=O) groups excluding carboxylic acids is 1. The molecule has 4 N–H and O–H groups in total. The molecule has 2 heterocycles. The van der Waals surface area contributed by atoms with Crippen LogP contribution in [0.4, 0.5) is 5.82 Å². The fraction of sp³-hybridized carbons (Fsp3) is 0.312. The quantitative estimate of drug-likeness (QED) is 0.243. The van der Waals surface area contributed by atoms with Crippen molar-refractivity contribution in [2.24, 2.45) is 11.8 Å². The van der Waals surface area contributed by atoms with Gasteiger partial charge in [-0.2, -0.15) is 0 Å². The van der Waals surface area contributed by atoms with Gasteiger partial charge in [0.15, 0.2) is 17.0 Å². The van der Waals surface area contributed by atoms with Crippen LogP contribution in [0.1, 0.15) is 41.8 Å². The van der Waals surface area contributed by atoms with Crippen molar-refractivity contribution in [2.75, 3.05) is 12.4 Å². The molecule has 0 spiro atoms. The Hall–Kier alpha value is -4.22. The summed E-state index contributed by atoms with van der Waals surface area (Å²) in [7, 11) is 1.50. The molecule has 2 aliphatic carbocycles. The first-order valence-electron chi connectivity index (χ1n) is 13.7. The Bertz CT molecular complexity index is 1740. The van der Waals surface area contributed by atoms with Crippen LogP contribution >= 0.6 is 15.9 Å². The van der Waals surface area contributed by atoms with E-state index in [4.69, 9.17) is 16.4 Å². The number of nitrogens with one attached hydrogen (secondary N) is 2. The number of aliphatic hydroxyl groups is 2. The van der Waals surface area contributed by atoms with Gasteiger partial charge in [0, 0.05) is 41.4 Å². The normalized spacial score (nSPS) is 26.2. The maximum absolute atomic E-state index is 12.7. The Morgan fingerprint density at radius 3 is 2.67 bits per heavy atom. The van der Waals surface area contributed by atoms with Crippen LogP contribution in [0.25, 0.3) is 11.2 Å². The highest BCUT2D eigenvalue weighted by Gasteiger charge is 2.53. The van der Waals surface area contributed by atoms with Gasteiger partial charge in [-0.25, -0.2) is 15.0 Å². The molecule has 2 unspecified atom stereocenters. The lowest BCUT2D eigenvalue weighted by atomic mass is 9.89. The second-order valence-corrected chi connectivity index (χ2v) is 11.6. The Labute approximate surface area is 251 Å². The van der Waals surface area contributed by atoms with Gasteiger partial charge in [0.05, 0.1) is 24.4 Å². The van der Waals surface area contributed by atoms with Crippen LogP contribution < -0.4 is 10.6 Å². The summed E-state index contributed by atoms with van der Waals surface area (Å²) >= 11 is 3.48. The van der Waals surface area contributed by atoms with Crippen molar-refractivity contribution >= 4 is 38.8 Å². The van der Waals surface area contributed by atoms with Crippen LogP contribution in [-0.2, 0) is 4.79 Å². The highest BCUT2D eigenvalue weighted by Crippen LogP contribution is 2.45. The Morgan fingerprint density at radius 2 is 1.93 bits per heavy atom. The molecule has 2 aromatic heterocycles. The molecule has 4 aromatic rings. The van der Waals surface area contributed by atoms with Crippen LogP contribution in [0.5, 0.6) is 0 Å². The maximum Gasteiger partial charge on any atom is 0.225 e. The molecule has 0 aliphatic heterocycles. The van der Waals surface area contributed by atoms with Gasteiger partial charge in [0.1, 0.15) is 6.10 Å². The van der Waals surface area contributed by atoms with Gasteiger partial charge < -0.3 is 25.4 Å². The molecule has 0 saturated heterocycles. The number of benzene rings is 2. The van der Waals surface area contributed by atoms with Gasteiger partial charge >= 0.3 is 0 Å². The minimum absolute atomic E-state index is 0.159. The summed E-state index contributed by atoms with van der Waals surface area (Å²) in [6.45, 7) is 0. The average Bonchev–Trinajstić information content (AvgIpc) is 3.57. The van der Waals surface area contributed by atoms with E-state index in [1.807, 2.05) is 42.5 Å². The minimum Gasteiger partial charge on any atom is -0.389 e. The largest absolute Gasteiger partial charge is 0.389 e. The van der Waals surface area contributed by atoms with Crippen LogP contribution in [0.3, 0.4) is 0 Å². The van der Waals surface area contributed by atoms with E-state index in [9.17, 15) is 15.0 Å². The summed E-state index contributed by atoms with van der Waals surface area (Å²) in [4.78, 5) is 26.8. The van der Waals surface area contributed by atoms with E-state index in [0.29, 0.717) is 22.9 Å². The number of aliphatic hydroxyl groups excluding tert-OH is 2. The highest BCUT2D eigenvalue weighted by atomic mass is 79.9. The van der Waals surface area contributed by atoms with E-state index in [2.05, 4.69) is 61.4 Å². The van der Waals surface area contributed by atoms with Gasteiger partial charge in [-0.1, -0.05) is 58.2 Å². The molecule has 7 atom stereocenters.